The summed E-state index contributed by atoms with van der Waals surface area (Å²) in [4.78, 5) is 23.7. The largest absolute Gasteiger partial charge is 0.464 e. The summed E-state index contributed by atoms with van der Waals surface area (Å²) < 4.78 is 5.51. The lowest BCUT2D eigenvalue weighted by Gasteiger charge is -2.23. The number of piperidine rings is 1. The molecule has 2 atom stereocenters. The fourth-order valence-electron chi connectivity index (χ4n) is 3.70. The van der Waals surface area contributed by atoms with Gasteiger partial charge in [0.25, 0.3) is 0 Å². The summed E-state index contributed by atoms with van der Waals surface area (Å²) in [6, 6.07) is 6.06. The number of furan rings is 1. The third-order valence-corrected chi connectivity index (χ3v) is 4.79. The predicted molar refractivity (Wildman–Crippen MR) is 83.1 cm³/mol. The summed E-state index contributed by atoms with van der Waals surface area (Å²) in [5.41, 5.74) is 4.29. The van der Waals surface area contributed by atoms with Gasteiger partial charge in [0.05, 0.1) is 12.2 Å². The van der Waals surface area contributed by atoms with E-state index >= 15 is 0 Å². The third kappa shape index (κ3) is 1.83. The highest BCUT2D eigenvalue weighted by molar-refractivity contribution is 6.07. The molecule has 4 rings (SSSR count). The number of benzene rings is 1. The van der Waals surface area contributed by atoms with Crippen molar-refractivity contribution in [2.75, 3.05) is 0 Å². The molecule has 2 amide bonds. The molecule has 0 bridgehead atoms. The molecule has 1 aliphatic heterocycles. The number of carbonyl (C=O) groups is 2. The first-order valence-corrected chi connectivity index (χ1v) is 7.75. The van der Waals surface area contributed by atoms with Gasteiger partial charge in [0.1, 0.15) is 5.58 Å². The monoisotopic (exact) mass is 295 g/mol. The maximum absolute atomic E-state index is 12.3. The number of hydrogen-bond acceptors (Lipinski definition) is 3. The van der Waals surface area contributed by atoms with Gasteiger partial charge < -0.3 is 4.42 Å². The number of rotatable bonds is 2. The average molecular weight is 295 g/mol. The minimum atomic E-state index is -0.242. The van der Waals surface area contributed by atoms with Gasteiger partial charge in [-0.2, -0.15) is 0 Å². The molecule has 1 aromatic heterocycles. The second kappa shape index (κ2) is 4.83. The van der Waals surface area contributed by atoms with Crippen LogP contribution >= 0.6 is 0 Å². The van der Waals surface area contributed by atoms with E-state index in [0.717, 1.165) is 28.5 Å². The zero-order valence-corrected chi connectivity index (χ0v) is 12.4. The van der Waals surface area contributed by atoms with Crippen molar-refractivity contribution >= 4 is 28.4 Å². The normalized spacial score (nSPS) is 24.3. The Labute approximate surface area is 128 Å². The van der Waals surface area contributed by atoms with E-state index in [1.54, 1.807) is 6.26 Å². The zero-order chi connectivity index (χ0) is 15.3. The molecule has 1 aliphatic carbocycles. The van der Waals surface area contributed by atoms with Gasteiger partial charge in [-0.15, -0.1) is 0 Å². The molecule has 2 unspecified atom stereocenters. The Hall–Kier alpha value is -2.36. The quantitative estimate of drug-likeness (QED) is 0.864. The molecule has 2 aromatic rings. The number of hydrogen-bond donors (Lipinski definition) is 1. The molecule has 0 saturated carbocycles. The topological polar surface area (TPSA) is 59.3 Å². The standard InChI is InChI=1S/C18H17NO3/c1-2-10-9-14(12-4-6-16(20)19-18(12)21)17-11(10)3-5-15-13(17)7-8-22-15/h3,5,7-10,12H,2,4,6H2,1H3,(H,19,20,21). The van der Waals surface area contributed by atoms with E-state index in [4.69, 9.17) is 4.42 Å². The van der Waals surface area contributed by atoms with Crippen molar-refractivity contribution in [1.82, 2.24) is 5.32 Å². The molecule has 0 spiro atoms. The summed E-state index contributed by atoms with van der Waals surface area (Å²) in [6.07, 6.45) is 5.87. The minimum absolute atomic E-state index is 0.173. The second-order valence-electron chi connectivity index (χ2n) is 6.00. The number of imide groups is 1. The van der Waals surface area contributed by atoms with Gasteiger partial charge in [-0.05, 0) is 41.7 Å². The second-order valence-corrected chi connectivity index (χ2v) is 6.00. The Morgan fingerprint density at radius 2 is 2.14 bits per heavy atom. The lowest BCUT2D eigenvalue weighted by Crippen LogP contribution is -2.41. The van der Waals surface area contributed by atoms with Crippen LogP contribution in [0.3, 0.4) is 0 Å². The fraction of sp³-hybridized carbons (Fsp3) is 0.333. The SMILES string of the molecule is CCC1C=C(C2CCC(=O)NC2=O)c2c1ccc1occc21. The molecule has 0 radical (unpaired) electrons. The highest BCUT2D eigenvalue weighted by Gasteiger charge is 2.35. The van der Waals surface area contributed by atoms with E-state index in [9.17, 15) is 9.59 Å². The molecule has 1 N–H and O–H groups in total. The summed E-state index contributed by atoms with van der Waals surface area (Å²) >= 11 is 0. The van der Waals surface area contributed by atoms with Gasteiger partial charge in [0.15, 0.2) is 0 Å². The number of nitrogens with one attached hydrogen (secondary N) is 1. The Morgan fingerprint density at radius 3 is 2.91 bits per heavy atom. The minimum Gasteiger partial charge on any atom is -0.464 e. The number of fused-ring (bicyclic) bond motifs is 3. The lowest BCUT2D eigenvalue weighted by atomic mass is 9.86. The van der Waals surface area contributed by atoms with Gasteiger partial charge in [-0.3, -0.25) is 14.9 Å². The van der Waals surface area contributed by atoms with Crippen LogP contribution in [0.25, 0.3) is 16.5 Å². The summed E-state index contributed by atoms with van der Waals surface area (Å²) in [7, 11) is 0. The molecule has 4 nitrogen and oxygen atoms in total. The molecule has 2 heterocycles. The van der Waals surface area contributed by atoms with Crippen molar-refractivity contribution in [3.05, 3.63) is 41.7 Å². The van der Waals surface area contributed by atoms with Crippen LogP contribution in [0, 0.1) is 5.92 Å². The number of amides is 2. The number of carbonyl (C=O) groups excluding carboxylic acids is 2. The van der Waals surface area contributed by atoms with Crippen molar-refractivity contribution < 1.29 is 14.0 Å². The fourth-order valence-corrected chi connectivity index (χ4v) is 3.70. The first kappa shape index (κ1) is 13.3. The highest BCUT2D eigenvalue weighted by Crippen LogP contribution is 2.46. The van der Waals surface area contributed by atoms with E-state index in [-0.39, 0.29) is 17.7 Å². The summed E-state index contributed by atoms with van der Waals surface area (Å²) in [5.74, 6) is -0.262. The van der Waals surface area contributed by atoms with E-state index in [2.05, 4.69) is 24.4 Å². The van der Waals surface area contributed by atoms with Crippen molar-refractivity contribution in [1.29, 1.82) is 0 Å². The summed E-state index contributed by atoms with van der Waals surface area (Å²) in [5, 5.41) is 3.53. The summed E-state index contributed by atoms with van der Waals surface area (Å²) in [6.45, 7) is 2.15. The van der Waals surface area contributed by atoms with Gasteiger partial charge in [0, 0.05) is 17.7 Å². The van der Waals surface area contributed by atoms with E-state index in [1.165, 1.54) is 5.56 Å². The van der Waals surface area contributed by atoms with Crippen LogP contribution in [0.5, 0.6) is 0 Å². The first-order valence-electron chi connectivity index (χ1n) is 7.75. The maximum Gasteiger partial charge on any atom is 0.234 e. The molecular formula is C18H17NO3. The van der Waals surface area contributed by atoms with Crippen molar-refractivity contribution in [3.8, 4) is 0 Å². The van der Waals surface area contributed by atoms with Crippen molar-refractivity contribution in [2.24, 2.45) is 5.92 Å². The average Bonchev–Trinajstić information content (AvgIpc) is 3.10. The Balaban J connectivity index is 1.86. The molecule has 4 heteroatoms. The highest BCUT2D eigenvalue weighted by atomic mass is 16.3. The predicted octanol–water partition coefficient (Wildman–Crippen LogP) is 3.38. The van der Waals surface area contributed by atoms with E-state index < -0.39 is 0 Å². The Kier molecular flexibility index (Phi) is 2.93. The molecule has 1 saturated heterocycles. The van der Waals surface area contributed by atoms with Gasteiger partial charge in [-0.25, -0.2) is 0 Å². The van der Waals surface area contributed by atoms with E-state index in [0.29, 0.717) is 18.8 Å². The molecule has 1 fully saturated rings. The molecular weight excluding hydrogens is 278 g/mol. The van der Waals surface area contributed by atoms with Crippen LogP contribution in [-0.4, -0.2) is 11.8 Å². The number of allylic oxidation sites excluding steroid dienone is 1. The van der Waals surface area contributed by atoms with Gasteiger partial charge >= 0.3 is 0 Å². The van der Waals surface area contributed by atoms with Crippen LogP contribution in [0.2, 0.25) is 0 Å². The molecule has 112 valence electrons. The van der Waals surface area contributed by atoms with Crippen molar-refractivity contribution in [3.63, 3.8) is 0 Å². The van der Waals surface area contributed by atoms with Crippen LogP contribution < -0.4 is 5.32 Å². The zero-order valence-electron chi connectivity index (χ0n) is 12.4. The molecule has 1 aromatic carbocycles. The Morgan fingerprint density at radius 1 is 1.27 bits per heavy atom. The molecule has 22 heavy (non-hydrogen) atoms. The van der Waals surface area contributed by atoms with Gasteiger partial charge in [0.2, 0.25) is 11.8 Å². The van der Waals surface area contributed by atoms with Gasteiger partial charge in [-0.1, -0.05) is 19.1 Å². The van der Waals surface area contributed by atoms with Crippen LogP contribution in [0.15, 0.2) is 35.0 Å². The van der Waals surface area contributed by atoms with E-state index in [1.807, 2.05) is 12.1 Å². The molecule has 2 aliphatic rings. The van der Waals surface area contributed by atoms with Crippen LogP contribution in [0.1, 0.15) is 43.2 Å². The smallest absolute Gasteiger partial charge is 0.234 e. The third-order valence-electron chi connectivity index (χ3n) is 4.79. The van der Waals surface area contributed by atoms with Crippen LogP contribution in [0.4, 0.5) is 0 Å². The maximum atomic E-state index is 12.3. The Bertz CT molecular complexity index is 815. The first-order chi connectivity index (χ1) is 10.7. The lowest BCUT2D eigenvalue weighted by molar-refractivity contribution is -0.134. The van der Waals surface area contributed by atoms with Crippen LogP contribution in [-0.2, 0) is 9.59 Å². The van der Waals surface area contributed by atoms with Crippen molar-refractivity contribution in [2.45, 2.75) is 32.1 Å².